The molecular weight excluding hydrogens is 288 g/mol. The molecule has 0 aromatic carbocycles. The summed E-state index contributed by atoms with van der Waals surface area (Å²) >= 11 is 0. The van der Waals surface area contributed by atoms with Gasteiger partial charge in [0, 0.05) is 12.2 Å². The zero-order chi connectivity index (χ0) is 17.2. The first-order chi connectivity index (χ1) is 10.5. The molecule has 0 saturated heterocycles. The number of carbonyl (C=O) groups excluding carboxylic acids is 2. The van der Waals surface area contributed by atoms with E-state index in [0.29, 0.717) is 19.6 Å². The van der Waals surface area contributed by atoms with Gasteiger partial charge in [-0.3, -0.25) is 4.79 Å². The third-order valence-corrected chi connectivity index (χ3v) is 2.18. The van der Waals surface area contributed by atoms with E-state index in [1.54, 1.807) is 6.08 Å². The van der Waals surface area contributed by atoms with Crippen LogP contribution < -0.4 is 0 Å². The minimum absolute atomic E-state index is 0.177. The van der Waals surface area contributed by atoms with Crippen LogP contribution in [0.2, 0.25) is 0 Å². The Morgan fingerprint density at radius 2 is 1.55 bits per heavy atom. The maximum atomic E-state index is 10.6. The van der Waals surface area contributed by atoms with Crippen molar-refractivity contribution in [2.45, 2.75) is 46.0 Å². The highest BCUT2D eigenvalue weighted by Crippen LogP contribution is 1.91. The number of carbonyl (C=O) groups is 3. The first kappa shape index (κ1) is 22.2. The largest absolute Gasteiger partial charge is 0.478 e. The van der Waals surface area contributed by atoms with Crippen molar-refractivity contribution in [3.63, 3.8) is 0 Å². The van der Waals surface area contributed by atoms with E-state index in [0.717, 1.165) is 37.8 Å². The van der Waals surface area contributed by atoms with Gasteiger partial charge < -0.3 is 14.6 Å². The maximum Gasteiger partial charge on any atom is 0.331 e. The molecule has 0 saturated carbocycles. The molecule has 22 heavy (non-hydrogen) atoms. The fourth-order valence-corrected chi connectivity index (χ4v) is 1.01. The van der Waals surface area contributed by atoms with Gasteiger partial charge in [0.1, 0.15) is 0 Å². The molecule has 0 rings (SSSR count). The summed E-state index contributed by atoms with van der Waals surface area (Å²) in [5, 5.41) is 8.14. The highest BCUT2D eigenvalue weighted by molar-refractivity contribution is 5.90. The molecule has 0 aromatic rings. The summed E-state index contributed by atoms with van der Waals surface area (Å²) in [5.74, 6) is -1.93. The van der Waals surface area contributed by atoms with Crippen molar-refractivity contribution in [1.29, 1.82) is 0 Å². The molecule has 126 valence electrons. The summed E-state index contributed by atoms with van der Waals surface area (Å²) in [6.07, 6.45) is 7.27. The number of esters is 2. The van der Waals surface area contributed by atoms with E-state index in [4.69, 9.17) is 9.84 Å². The molecule has 0 bridgehead atoms. The van der Waals surface area contributed by atoms with Crippen molar-refractivity contribution in [3.8, 4) is 0 Å². The van der Waals surface area contributed by atoms with Gasteiger partial charge in [-0.25, -0.2) is 9.59 Å². The summed E-state index contributed by atoms with van der Waals surface area (Å²) in [6.45, 7) is 8.35. The van der Waals surface area contributed by atoms with Crippen molar-refractivity contribution in [2.24, 2.45) is 0 Å². The monoisotopic (exact) mass is 314 g/mol. The summed E-state index contributed by atoms with van der Waals surface area (Å²) < 4.78 is 9.46. The van der Waals surface area contributed by atoms with Crippen LogP contribution in [0.4, 0.5) is 0 Å². The van der Waals surface area contributed by atoms with Gasteiger partial charge in [0.15, 0.2) is 0 Å². The molecule has 0 aromatic heterocycles. The lowest BCUT2D eigenvalue weighted by atomic mass is 10.3. The summed E-state index contributed by atoms with van der Waals surface area (Å²) in [6, 6.07) is 0. The Labute approximate surface area is 131 Å². The van der Waals surface area contributed by atoms with Gasteiger partial charge >= 0.3 is 17.9 Å². The lowest BCUT2D eigenvalue weighted by Crippen LogP contribution is -2.03. The van der Waals surface area contributed by atoms with Crippen molar-refractivity contribution >= 4 is 17.9 Å². The molecule has 0 spiro atoms. The van der Waals surface area contributed by atoms with Crippen LogP contribution in [0.25, 0.3) is 0 Å². The molecular formula is C16H26O6. The molecule has 0 aliphatic carbocycles. The lowest BCUT2D eigenvalue weighted by molar-refractivity contribution is -0.142. The van der Waals surface area contributed by atoms with Gasteiger partial charge in [0.05, 0.1) is 19.6 Å². The predicted octanol–water partition coefficient (Wildman–Crippen LogP) is 2.88. The van der Waals surface area contributed by atoms with Gasteiger partial charge in [-0.05, 0) is 12.8 Å². The van der Waals surface area contributed by atoms with Gasteiger partial charge in [-0.2, -0.15) is 0 Å². The van der Waals surface area contributed by atoms with E-state index in [1.165, 1.54) is 0 Å². The quantitative estimate of drug-likeness (QED) is 0.288. The molecule has 0 fully saturated rings. The van der Waals surface area contributed by atoms with Crippen LogP contribution in [-0.2, 0) is 23.9 Å². The highest BCUT2D eigenvalue weighted by Gasteiger charge is 1.97. The molecule has 0 unspecified atom stereocenters. The van der Waals surface area contributed by atoms with Gasteiger partial charge in [0.2, 0.25) is 0 Å². The number of rotatable bonds is 10. The first-order valence-corrected chi connectivity index (χ1v) is 7.32. The molecule has 1 N–H and O–H groups in total. The molecule has 0 atom stereocenters. The second-order valence-corrected chi connectivity index (χ2v) is 4.26. The van der Waals surface area contributed by atoms with Crippen molar-refractivity contribution < 1.29 is 29.0 Å². The van der Waals surface area contributed by atoms with E-state index < -0.39 is 11.9 Å². The number of hydrogen-bond acceptors (Lipinski definition) is 5. The van der Waals surface area contributed by atoms with E-state index in [2.05, 4.69) is 18.2 Å². The van der Waals surface area contributed by atoms with E-state index in [1.807, 2.05) is 6.92 Å². The molecule has 6 nitrogen and oxygen atoms in total. The third-order valence-electron chi connectivity index (χ3n) is 2.18. The van der Waals surface area contributed by atoms with Crippen LogP contribution in [-0.4, -0.2) is 36.2 Å². The minimum Gasteiger partial charge on any atom is -0.478 e. The molecule has 0 aliphatic rings. The van der Waals surface area contributed by atoms with Crippen LogP contribution in [0.5, 0.6) is 0 Å². The number of ether oxygens (including phenoxy) is 2. The zero-order valence-electron chi connectivity index (χ0n) is 13.4. The number of unbranched alkanes of at least 4 members (excludes halogenated alkanes) is 2. The first-order valence-electron chi connectivity index (χ1n) is 7.32. The van der Waals surface area contributed by atoms with Crippen LogP contribution >= 0.6 is 0 Å². The SMILES string of the molecule is C=CCC(=O)OCCCC.CCCCOC(=O)/C=C\C(=O)O. The molecule has 0 heterocycles. The third kappa shape index (κ3) is 20.2. The van der Waals surface area contributed by atoms with Crippen molar-refractivity contribution in [3.05, 3.63) is 24.8 Å². The average Bonchev–Trinajstić information content (AvgIpc) is 2.47. The minimum atomic E-state index is -1.15. The van der Waals surface area contributed by atoms with Gasteiger partial charge in [-0.15, -0.1) is 6.58 Å². The normalized spacial score (nSPS) is 9.55. The number of aliphatic carboxylic acids is 1. The summed E-state index contributed by atoms with van der Waals surface area (Å²) in [7, 11) is 0. The number of carboxylic acids is 1. The van der Waals surface area contributed by atoms with Gasteiger partial charge in [-0.1, -0.05) is 32.8 Å². The van der Waals surface area contributed by atoms with Crippen LogP contribution in [0.15, 0.2) is 24.8 Å². The Kier molecular flexibility index (Phi) is 17.1. The fourth-order valence-electron chi connectivity index (χ4n) is 1.01. The topological polar surface area (TPSA) is 89.9 Å². The molecule has 0 radical (unpaired) electrons. The maximum absolute atomic E-state index is 10.6. The fraction of sp³-hybridized carbons (Fsp3) is 0.562. The van der Waals surface area contributed by atoms with Crippen LogP contribution in [0, 0.1) is 0 Å². The Morgan fingerprint density at radius 1 is 1.00 bits per heavy atom. The molecule has 6 heteroatoms. The Bertz CT molecular complexity index is 360. The van der Waals surface area contributed by atoms with Crippen LogP contribution in [0.3, 0.4) is 0 Å². The summed E-state index contributed by atoms with van der Waals surface area (Å²) in [5.41, 5.74) is 0. The van der Waals surface area contributed by atoms with Crippen molar-refractivity contribution in [2.75, 3.05) is 13.2 Å². The Hall–Kier alpha value is -2.11. The van der Waals surface area contributed by atoms with E-state index in [-0.39, 0.29) is 5.97 Å². The predicted molar refractivity (Wildman–Crippen MR) is 83.3 cm³/mol. The van der Waals surface area contributed by atoms with E-state index in [9.17, 15) is 14.4 Å². The standard InChI is InChI=1S/C8H12O4.C8H14O2/c1-2-3-6-12-8(11)5-4-7(9)10;1-3-5-7-10-8(9)6-4-2/h4-5H,2-3,6H2,1H3,(H,9,10);4H,2-3,5-7H2,1H3/b5-4-;. The van der Waals surface area contributed by atoms with Gasteiger partial charge in [0.25, 0.3) is 0 Å². The zero-order valence-corrected chi connectivity index (χ0v) is 13.4. The van der Waals surface area contributed by atoms with Crippen LogP contribution in [0.1, 0.15) is 46.0 Å². The molecule has 0 amide bonds. The lowest BCUT2D eigenvalue weighted by Gasteiger charge is -1.99. The second kappa shape index (κ2) is 16.9. The van der Waals surface area contributed by atoms with E-state index >= 15 is 0 Å². The van der Waals surface area contributed by atoms with Crippen molar-refractivity contribution in [1.82, 2.24) is 0 Å². The second-order valence-electron chi connectivity index (χ2n) is 4.26. The number of hydrogen-bond donors (Lipinski definition) is 1. The number of carboxylic acid groups (broad SMARTS) is 1. The Balaban J connectivity index is 0. The Morgan fingerprint density at radius 3 is 2.00 bits per heavy atom. The summed E-state index contributed by atoms with van der Waals surface area (Å²) in [4.78, 5) is 31.2. The smallest absolute Gasteiger partial charge is 0.331 e. The average molecular weight is 314 g/mol. The highest BCUT2D eigenvalue weighted by atomic mass is 16.5. The molecule has 0 aliphatic heterocycles.